The summed E-state index contributed by atoms with van der Waals surface area (Å²) < 4.78 is 5.50. The number of aliphatic hydroxyl groups excluding tert-OH is 1. The van der Waals surface area contributed by atoms with Gasteiger partial charge in [0.15, 0.2) is 10.4 Å². The van der Waals surface area contributed by atoms with Crippen LogP contribution in [0.3, 0.4) is 0 Å². The fourth-order valence-electron chi connectivity index (χ4n) is 1.33. The Balaban J connectivity index is 2.21. The van der Waals surface area contributed by atoms with E-state index in [4.69, 9.17) is 4.42 Å². The molecule has 6 nitrogen and oxygen atoms in total. The molecule has 0 bridgehead atoms. The number of carbonyl (C=O) groups excluding carboxylic acids is 2. The molecule has 0 aliphatic rings. The second kappa shape index (κ2) is 7.96. The molecule has 1 aromatic heterocycles. The first kappa shape index (κ1) is 15.7. The monoisotopic (exact) mass is 332 g/mol. The van der Waals surface area contributed by atoms with Crippen molar-refractivity contribution in [2.75, 3.05) is 13.1 Å². The van der Waals surface area contributed by atoms with E-state index in [-0.39, 0.29) is 18.2 Å². The van der Waals surface area contributed by atoms with Crippen LogP contribution in [0.15, 0.2) is 21.2 Å². The van der Waals surface area contributed by atoms with E-state index in [1.165, 1.54) is 6.07 Å². The van der Waals surface area contributed by atoms with Gasteiger partial charge in [-0.2, -0.15) is 0 Å². The fourth-order valence-corrected chi connectivity index (χ4v) is 1.64. The van der Waals surface area contributed by atoms with E-state index in [0.717, 1.165) is 0 Å². The second-order valence-electron chi connectivity index (χ2n) is 3.99. The van der Waals surface area contributed by atoms with Crippen LogP contribution in [0, 0.1) is 0 Å². The van der Waals surface area contributed by atoms with Crippen LogP contribution in [-0.4, -0.2) is 36.1 Å². The minimum Gasteiger partial charge on any atom is -0.444 e. The zero-order valence-electron chi connectivity index (χ0n) is 10.6. The van der Waals surface area contributed by atoms with Crippen LogP contribution >= 0.6 is 15.9 Å². The molecule has 0 saturated heterocycles. The molecule has 1 aromatic rings. The molecule has 1 rings (SSSR count). The van der Waals surface area contributed by atoms with Crippen molar-refractivity contribution in [2.24, 2.45) is 0 Å². The van der Waals surface area contributed by atoms with Crippen molar-refractivity contribution in [1.82, 2.24) is 10.6 Å². The third kappa shape index (κ3) is 5.89. The van der Waals surface area contributed by atoms with Gasteiger partial charge in [0.2, 0.25) is 5.91 Å². The van der Waals surface area contributed by atoms with E-state index in [9.17, 15) is 14.7 Å². The van der Waals surface area contributed by atoms with Gasteiger partial charge in [-0.15, -0.1) is 0 Å². The Morgan fingerprint density at radius 2 is 2.16 bits per heavy atom. The molecule has 1 unspecified atom stereocenters. The molecule has 2 amide bonds. The molecule has 7 heteroatoms. The summed E-state index contributed by atoms with van der Waals surface area (Å²) in [6.07, 6.45) is 0.747. The normalized spacial score (nSPS) is 11.9. The van der Waals surface area contributed by atoms with E-state index < -0.39 is 12.0 Å². The zero-order valence-corrected chi connectivity index (χ0v) is 12.2. The molecule has 3 N–H and O–H groups in total. The molecule has 0 saturated carbocycles. The van der Waals surface area contributed by atoms with Crippen LogP contribution in [0.25, 0.3) is 0 Å². The molecule has 106 valence electrons. The highest BCUT2D eigenvalue weighted by atomic mass is 79.9. The number of aliphatic hydroxyl groups is 1. The van der Waals surface area contributed by atoms with Gasteiger partial charge in [0.25, 0.3) is 5.91 Å². The third-order valence-corrected chi connectivity index (χ3v) is 2.90. The third-order valence-electron chi connectivity index (χ3n) is 2.48. The highest BCUT2D eigenvalue weighted by Crippen LogP contribution is 2.13. The first-order chi connectivity index (χ1) is 9.02. The molecular formula is C12H17BrN2O4. The fraction of sp³-hybridized carbons (Fsp3) is 0.500. The number of halogens is 1. The number of nitrogens with one attached hydrogen (secondary N) is 2. The van der Waals surface area contributed by atoms with Gasteiger partial charge in [-0.3, -0.25) is 9.59 Å². The molecule has 0 aliphatic heterocycles. The maximum absolute atomic E-state index is 11.5. The SMILES string of the molecule is CCC(O)CCNC(=O)CNC(=O)c1ccc(Br)o1. The number of furan rings is 1. The highest BCUT2D eigenvalue weighted by Gasteiger charge is 2.11. The average Bonchev–Trinajstić information content (AvgIpc) is 2.82. The number of amides is 2. The van der Waals surface area contributed by atoms with Crippen LogP contribution in [0.5, 0.6) is 0 Å². The average molecular weight is 333 g/mol. The van der Waals surface area contributed by atoms with Gasteiger partial charge in [0.1, 0.15) is 0 Å². The number of carbonyl (C=O) groups is 2. The smallest absolute Gasteiger partial charge is 0.287 e. The topological polar surface area (TPSA) is 91.6 Å². The minimum atomic E-state index is -0.450. The van der Waals surface area contributed by atoms with Gasteiger partial charge >= 0.3 is 0 Å². The van der Waals surface area contributed by atoms with E-state index in [2.05, 4.69) is 26.6 Å². The van der Waals surface area contributed by atoms with Crippen molar-refractivity contribution in [3.05, 3.63) is 22.6 Å². The molecule has 1 atom stereocenters. The van der Waals surface area contributed by atoms with Crippen LogP contribution in [0.1, 0.15) is 30.3 Å². The summed E-state index contributed by atoms with van der Waals surface area (Å²) >= 11 is 3.09. The van der Waals surface area contributed by atoms with E-state index in [1.54, 1.807) is 6.07 Å². The first-order valence-corrected chi connectivity index (χ1v) is 6.80. The molecule has 0 fully saturated rings. The zero-order chi connectivity index (χ0) is 14.3. The second-order valence-corrected chi connectivity index (χ2v) is 4.77. The van der Waals surface area contributed by atoms with Gasteiger partial charge < -0.3 is 20.2 Å². The Kier molecular flexibility index (Phi) is 6.58. The van der Waals surface area contributed by atoms with Gasteiger partial charge in [-0.1, -0.05) is 6.92 Å². The molecule has 0 spiro atoms. The van der Waals surface area contributed by atoms with Crippen LogP contribution < -0.4 is 10.6 Å². The Morgan fingerprint density at radius 1 is 1.42 bits per heavy atom. The Labute approximate surface area is 119 Å². The largest absolute Gasteiger partial charge is 0.444 e. The van der Waals surface area contributed by atoms with E-state index in [1.807, 2.05) is 6.92 Å². The maximum atomic E-state index is 11.5. The van der Waals surface area contributed by atoms with Crippen molar-refractivity contribution < 1.29 is 19.1 Å². The van der Waals surface area contributed by atoms with Gasteiger partial charge in [-0.25, -0.2) is 0 Å². The summed E-state index contributed by atoms with van der Waals surface area (Å²) in [5.74, 6) is -0.613. The van der Waals surface area contributed by atoms with Gasteiger partial charge in [-0.05, 0) is 40.9 Å². The van der Waals surface area contributed by atoms with Crippen LogP contribution in [0.4, 0.5) is 0 Å². The van der Waals surface area contributed by atoms with Crippen molar-refractivity contribution in [3.63, 3.8) is 0 Å². The first-order valence-electron chi connectivity index (χ1n) is 6.01. The van der Waals surface area contributed by atoms with Gasteiger partial charge in [0.05, 0.1) is 12.6 Å². The number of hydrogen-bond acceptors (Lipinski definition) is 4. The lowest BCUT2D eigenvalue weighted by Crippen LogP contribution is -2.37. The van der Waals surface area contributed by atoms with Gasteiger partial charge in [0, 0.05) is 6.54 Å². The Hall–Kier alpha value is -1.34. The summed E-state index contributed by atoms with van der Waals surface area (Å²) in [7, 11) is 0. The summed E-state index contributed by atoms with van der Waals surface area (Å²) in [6.45, 7) is 2.13. The summed E-state index contributed by atoms with van der Waals surface area (Å²) in [5.41, 5.74) is 0. The predicted octanol–water partition coefficient (Wildman–Crippen LogP) is 1.05. The molecular weight excluding hydrogens is 316 g/mol. The summed E-state index contributed by atoms with van der Waals surface area (Å²) in [5, 5.41) is 14.3. The van der Waals surface area contributed by atoms with Crippen molar-refractivity contribution >= 4 is 27.7 Å². The van der Waals surface area contributed by atoms with Crippen molar-refractivity contribution in [3.8, 4) is 0 Å². The van der Waals surface area contributed by atoms with Crippen LogP contribution in [-0.2, 0) is 4.79 Å². The molecule has 0 aromatic carbocycles. The lowest BCUT2D eigenvalue weighted by molar-refractivity contribution is -0.120. The molecule has 1 heterocycles. The number of hydrogen-bond donors (Lipinski definition) is 3. The summed E-state index contributed by atoms with van der Waals surface area (Å²) in [4.78, 5) is 23.0. The van der Waals surface area contributed by atoms with E-state index >= 15 is 0 Å². The lowest BCUT2D eigenvalue weighted by Gasteiger charge is -2.09. The standard InChI is InChI=1S/C12H17BrN2O4/c1-2-8(16)5-6-14-11(17)7-15-12(18)9-3-4-10(13)19-9/h3-4,8,16H,2,5-7H2,1H3,(H,14,17)(H,15,18). The predicted molar refractivity (Wildman–Crippen MR) is 72.7 cm³/mol. The Bertz CT molecular complexity index is 433. The maximum Gasteiger partial charge on any atom is 0.287 e. The summed E-state index contributed by atoms with van der Waals surface area (Å²) in [6, 6.07) is 3.11. The van der Waals surface area contributed by atoms with Crippen molar-refractivity contribution in [1.29, 1.82) is 0 Å². The molecule has 0 radical (unpaired) electrons. The minimum absolute atomic E-state index is 0.126. The van der Waals surface area contributed by atoms with Crippen molar-refractivity contribution in [2.45, 2.75) is 25.9 Å². The highest BCUT2D eigenvalue weighted by molar-refractivity contribution is 9.10. The molecule has 0 aliphatic carbocycles. The lowest BCUT2D eigenvalue weighted by atomic mass is 10.2. The number of rotatable bonds is 7. The van der Waals surface area contributed by atoms with E-state index in [0.29, 0.717) is 24.1 Å². The van der Waals surface area contributed by atoms with Crippen LogP contribution in [0.2, 0.25) is 0 Å². The Morgan fingerprint density at radius 3 is 2.74 bits per heavy atom. The molecule has 19 heavy (non-hydrogen) atoms. The quantitative estimate of drug-likeness (QED) is 0.696.